The van der Waals surface area contributed by atoms with Crippen LogP contribution in [0.4, 0.5) is 4.79 Å². The number of esters is 1. The maximum Gasteiger partial charge on any atom is 0.408 e. The van der Waals surface area contributed by atoms with Crippen molar-refractivity contribution < 1.29 is 19.1 Å². The van der Waals surface area contributed by atoms with Crippen molar-refractivity contribution in [2.45, 2.75) is 51.9 Å². The third-order valence-electron chi connectivity index (χ3n) is 2.65. The zero-order valence-corrected chi connectivity index (χ0v) is 12.3. The fourth-order valence-electron chi connectivity index (χ4n) is 1.57. The fourth-order valence-corrected chi connectivity index (χ4v) is 1.57. The van der Waals surface area contributed by atoms with Crippen molar-refractivity contribution in [1.29, 1.82) is 0 Å². The van der Waals surface area contributed by atoms with Crippen molar-refractivity contribution in [3.05, 3.63) is 0 Å². The summed E-state index contributed by atoms with van der Waals surface area (Å²) < 4.78 is 9.63. The first kappa shape index (κ1) is 18.3. The Morgan fingerprint density at radius 1 is 1.10 bits per heavy atom. The van der Waals surface area contributed by atoms with Gasteiger partial charge in [0.1, 0.15) is 0 Å². The van der Waals surface area contributed by atoms with Crippen LogP contribution in [0.3, 0.4) is 0 Å². The van der Waals surface area contributed by atoms with Crippen molar-refractivity contribution in [2.24, 2.45) is 0 Å². The van der Waals surface area contributed by atoms with Crippen LogP contribution in [0.15, 0.2) is 0 Å². The van der Waals surface area contributed by atoms with Crippen LogP contribution < -0.4 is 5.32 Å². The number of carbonyl (C=O) groups excluding carboxylic acids is 2. The number of nitrogens with one attached hydrogen (secondary N) is 1. The molecule has 0 fully saturated rings. The van der Waals surface area contributed by atoms with Crippen molar-refractivity contribution in [2.75, 3.05) is 19.8 Å². The molecule has 20 heavy (non-hydrogen) atoms. The fraction of sp³-hybridized carbons (Fsp3) is 0.733. The highest BCUT2D eigenvalue weighted by molar-refractivity contribution is 5.71. The summed E-state index contributed by atoms with van der Waals surface area (Å²) in [5.41, 5.74) is 0. The largest absolute Gasteiger partial charge is 0.466 e. The molecule has 0 aromatic carbocycles. The van der Waals surface area contributed by atoms with Gasteiger partial charge >= 0.3 is 12.1 Å². The van der Waals surface area contributed by atoms with Gasteiger partial charge in [-0.3, -0.25) is 4.79 Å². The zero-order chi connectivity index (χ0) is 15.1. The number of carbonyl (C=O) groups is 2. The summed E-state index contributed by atoms with van der Waals surface area (Å²) in [6.07, 6.45) is 11.4. The molecule has 5 heteroatoms. The lowest BCUT2D eigenvalue weighted by molar-refractivity contribution is -0.143. The second-order valence-corrected chi connectivity index (χ2v) is 4.45. The van der Waals surface area contributed by atoms with Gasteiger partial charge in [-0.15, -0.1) is 6.42 Å². The molecule has 1 N–H and O–H groups in total. The molecular formula is C15H25NO4. The van der Waals surface area contributed by atoms with Gasteiger partial charge in [0, 0.05) is 6.54 Å². The smallest absolute Gasteiger partial charge is 0.408 e. The van der Waals surface area contributed by atoms with Crippen molar-refractivity contribution in [3.63, 3.8) is 0 Å². The van der Waals surface area contributed by atoms with Crippen molar-refractivity contribution >= 4 is 12.1 Å². The van der Waals surface area contributed by atoms with Crippen LogP contribution in [0.1, 0.15) is 51.9 Å². The van der Waals surface area contributed by atoms with Crippen molar-refractivity contribution in [3.8, 4) is 12.3 Å². The first-order chi connectivity index (χ1) is 9.70. The Morgan fingerprint density at radius 3 is 2.50 bits per heavy atom. The van der Waals surface area contributed by atoms with Gasteiger partial charge in [0.25, 0.3) is 0 Å². The average Bonchev–Trinajstić information content (AvgIpc) is 2.44. The standard InChI is InChI=1S/C15H25NO4/c1-3-5-6-7-8-9-13-19-14(17)10-11-16-15(18)20-12-4-2/h2H,3,5-13H2,1H3,(H,16,18). The third kappa shape index (κ3) is 12.7. The van der Waals surface area contributed by atoms with Gasteiger partial charge in [0.15, 0.2) is 6.61 Å². The highest BCUT2D eigenvalue weighted by Gasteiger charge is 2.05. The van der Waals surface area contributed by atoms with Crippen LogP contribution in [-0.4, -0.2) is 31.8 Å². The predicted octanol–water partition coefficient (Wildman–Crippen LogP) is 2.64. The molecule has 0 aliphatic rings. The van der Waals surface area contributed by atoms with Crippen LogP contribution in [-0.2, 0) is 14.3 Å². The SMILES string of the molecule is C#CCOC(=O)NCCC(=O)OCCCCCCCC. The summed E-state index contributed by atoms with van der Waals surface area (Å²) in [6, 6.07) is 0. The number of rotatable bonds is 11. The first-order valence-corrected chi connectivity index (χ1v) is 7.20. The monoisotopic (exact) mass is 283 g/mol. The highest BCUT2D eigenvalue weighted by atomic mass is 16.5. The van der Waals surface area contributed by atoms with Gasteiger partial charge in [-0.2, -0.15) is 0 Å². The van der Waals surface area contributed by atoms with E-state index in [-0.39, 0.29) is 25.5 Å². The molecule has 0 aromatic heterocycles. The van der Waals surface area contributed by atoms with E-state index in [1.165, 1.54) is 25.7 Å². The summed E-state index contributed by atoms with van der Waals surface area (Å²) in [5.74, 6) is 1.87. The second kappa shape index (κ2) is 13.7. The molecule has 0 rings (SSSR count). The van der Waals surface area contributed by atoms with Gasteiger partial charge in [0.05, 0.1) is 13.0 Å². The number of alkyl carbamates (subject to hydrolysis) is 1. The predicted molar refractivity (Wildman–Crippen MR) is 77.1 cm³/mol. The van der Waals surface area contributed by atoms with Crippen LogP contribution in [0, 0.1) is 12.3 Å². The van der Waals surface area contributed by atoms with Gasteiger partial charge in [-0.1, -0.05) is 44.9 Å². The summed E-state index contributed by atoms with van der Waals surface area (Å²) in [5, 5.41) is 2.42. The van der Waals surface area contributed by atoms with E-state index < -0.39 is 6.09 Å². The molecule has 0 heterocycles. The molecular weight excluding hydrogens is 258 g/mol. The van der Waals surface area contributed by atoms with Gasteiger partial charge in [-0.05, 0) is 6.42 Å². The molecule has 0 unspecified atom stereocenters. The van der Waals surface area contributed by atoms with E-state index in [4.69, 9.17) is 11.2 Å². The second-order valence-electron chi connectivity index (χ2n) is 4.45. The van der Waals surface area contributed by atoms with Gasteiger partial charge < -0.3 is 14.8 Å². The van der Waals surface area contributed by atoms with Crippen LogP contribution in [0.25, 0.3) is 0 Å². The Balaban J connectivity index is 3.33. The Kier molecular flexibility index (Phi) is 12.6. The number of terminal acetylenes is 1. The van der Waals surface area contributed by atoms with Crippen molar-refractivity contribution in [1.82, 2.24) is 5.32 Å². The minimum absolute atomic E-state index is 0.0751. The quantitative estimate of drug-likeness (QED) is 0.360. The molecule has 114 valence electrons. The van der Waals surface area contributed by atoms with E-state index >= 15 is 0 Å². The lowest BCUT2D eigenvalue weighted by Crippen LogP contribution is -2.27. The topological polar surface area (TPSA) is 64.6 Å². The van der Waals surface area contributed by atoms with Crippen LogP contribution in [0.2, 0.25) is 0 Å². The van der Waals surface area contributed by atoms with Gasteiger partial charge in [-0.25, -0.2) is 4.79 Å². The number of hydrogen-bond donors (Lipinski definition) is 1. The summed E-state index contributed by atoms with van der Waals surface area (Å²) in [4.78, 5) is 22.3. The van der Waals surface area contributed by atoms with E-state index in [2.05, 4.69) is 22.9 Å². The Hall–Kier alpha value is -1.70. The maximum atomic E-state index is 11.3. The lowest BCUT2D eigenvalue weighted by atomic mass is 10.1. The average molecular weight is 283 g/mol. The lowest BCUT2D eigenvalue weighted by Gasteiger charge is -2.06. The Labute approximate surface area is 121 Å². The molecule has 0 spiro atoms. The molecule has 0 aliphatic heterocycles. The van der Waals surface area contributed by atoms with E-state index in [1.807, 2.05) is 0 Å². The number of hydrogen-bond acceptors (Lipinski definition) is 4. The molecule has 0 aliphatic carbocycles. The molecule has 1 amide bonds. The third-order valence-corrected chi connectivity index (χ3v) is 2.65. The molecule has 0 saturated heterocycles. The Bertz CT molecular complexity index is 309. The molecule has 0 radical (unpaired) electrons. The number of amides is 1. The minimum atomic E-state index is -0.619. The highest BCUT2D eigenvalue weighted by Crippen LogP contribution is 2.05. The number of ether oxygens (including phenoxy) is 2. The van der Waals surface area contributed by atoms with E-state index in [9.17, 15) is 9.59 Å². The molecule has 0 aromatic rings. The molecule has 0 atom stereocenters. The zero-order valence-electron chi connectivity index (χ0n) is 12.3. The summed E-state index contributed by atoms with van der Waals surface area (Å²) in [6.45, 7) is 2.75. The minimum Gasteiger partial charge on any atom is -0.466 e. The molecule has 0 bridgehead atoms. The Morgan fingerprint density at radius 2 is 1.80 bits per heavy atom. The summed E-state index contributed by atoms with van der Waals surface area (Å²) >= 11 is 0. The first-order valence-electron chi connectivity index (χ1n) is 7.20. The van der Waals surface area contributed by atoms with E-state index in [0.717, 1.165) is 12.8 Å². The summed E-state index contributed by atoms with van der Waals surface area (Å²) in [7, 11) is 0. The van der Waals surface area contributed by atoms with E-state index in [0.29, 0.717) is 6.61 Å². The molecule has 5 nitrogen and oxygen atoms in total. The number of unbranched alkanes of at least 4 members (excludes halogenated alkanes) is 5. The van der Waals surface area contributed by atoms with Gasteiger partial charge in [0.2, 0.25) is 0 Å². The van der Waals surface area contributed by atoms with Crippen LogP contribution in [0.5, 0.6) is 0 Å². The normalized spacial score (nSPS) is 9.60. The maximum absolute atomic E-state index is 11.3. The van der Waals surface area contributed by atoms with Crippen LogP contribution >= 0.6 is 0 Å². The van der Waals surface area contributed by atoms with E-state index in [1.54, 1.807) is 0 Å². The molecule has 0 saturated carbocycles.